The summed E-state index contributed by atoms with van der Waals surface area (Å²) < 4.78 is 11.1. The fraction of sp³-hybridized carbons (Fsp3) is 0.467. The number of carbonyl (C=O) groups excluding carboxylic acids is 4. The number of amides is 4. The van der Waals surface area contributed by atoms with Crippen LogP contribution in [0, 0.1) is 0 Å². The van der Waals surface area contributed by atoms with Crippen molar-refractivity contribution in [3.63, 3.8) is 0 Å². The second kappa shape index (κ2) is 15.1. The van der Waals surface area contributed by atoms with Gasteiger partial charge in [0.05, 0.1) is 12.2 Å². The molecule has 40 heavy (non-hydrogen) atoms. The summed E-state index contributed by atoms with van der Waals surface area (Å²) in [5.41, 5.74) is 2.04. The molecule has 0 spiro atoms. The van der Waals surface area contributed by atoms with E-state index in [0.29, 0.717) is 48.4 Å². The van der Waals surface area contributed by atoms with Gasteiger partial charge in [-0.25, -0.2) is 0 Å². The topological polar surface area (TPSA) is 135 Å². The van der Waals surface area contributed by atoms with E-state index in [1.165, 1.54) is 0 Å². The van der Waals surface area contributed by atoms with Crippen molar-refractivity contribution in [2.75, 3.05) is 36.9 Å². The van der Waals surface area contributed by atoms with E-state index < -0.39 is 0 Å². The van der Waals surface area contributed by atoms with Crippen LogP contribution in [0.3, 0.4) is 0 Å². The summed E-state index contributed by atoms with van der Waals surface area (Å²) in [5.74, 6) is -0.775. The predicted octanol–water partition coefficient (Wildman–Crippen LogP) is 3.64. The molecule has 4 rings (SSSR count). The first-order chi connectivity index (χ1) is 19.5. The lowest BCUT2D eigenvalue weighted by atomic mass is 10.1. The third-order valence-corrected chi connectivity index (χ3v) is 6.90. The van der Waals surface area contributed by atoms with E-state index in [4.69, 9.17) is 9.47 Å². The molecule has 10 heteroatoms. The number of ether oxygens (including phenoxy) is 2. The van der Waals surface area contributed by atoms with Crippen molar-refractivity contribution in [1.82, 2.24) is 10.6 Å². The molecule has 0 aliphatic carbocycles. The van der Waals surface area contributed by atoms with Crippen LogP contribution < -0.4 is 21.3 Å². The Balaban J connectivity index is 1.13. The number of unbranched alkanes of at least 4 members (excludes halogenated alkanes) is 1. The van der Waals surface area contributed by atoms with Crippen LogP contribution in [0.25, 0.3) is 0 Å². The smallest absolute Gasteiger partial charge is 0.251 e. The van der Waals surface area contributed by atoms with Crippen LogP contribution in [0.1, 0.15) is 72.1 Å². The molecular formula is C30H38N4O6. The zero-order valence-corrected chi connectivity index (χ0v) is 22.7. The molecule has 2 aliphatic heterocycles. The Morgan fingerprint density at radius 3 is 1.52 bits per heavy atom. The standard InChI is InChI=1S/C30H38N4O6/c35-27(33-23-9-3-7-21(17-23)29(37)31-19-25-11-5-15-39-25)13-1-2-14-28(36)34-24-10-4-8-22(18-24)30(38)32-20-26-12-6-16-40-26/h3-4,7-10,17-18,25-26H,1-2,5-6,11-16,19-20H2,(H,31,37)(H,32,38)(H,33,35)(H,34,36). The number of rotatable bonds is 13. The number of carbonyl (C=O) groups is 4. The minimum atomic E-state index is -0.206. The molecule has 214 valence electrons. The van der Waals surface area contributed by atoms with Crippen molar-refractivity contribution in [2.45, 2.75) is 63.6 Å². The van der Waals surface area contributed by atoms with E-state index in [-0.39, 0.29) is 48.7 Å². The zero-order valence-electron chi connectivity index (χ0n) is 22.7. The molecule has 0 aromatic heterocycles. The molecular weight excluding hydrogens is 512 g/mol. The van der Waals surface area contributed by atoms with Gasteiger partial charge < -0.3 is 30.7 Å². The first kappa shape index (κ1) is 29.2. The molecule has 2 fully saturated rings. The van der Waals surface area contributed by atoms with E-state index in [9.17, 15) is 19.2 Å². The van der Waals surface area contributed by atoms with Gasteiger partial charge in [-0.1, -0.05) is 12.1 Å². The highest BCUT2D eigenvalue weighted by molar-refractivity contribution is 5.98. The quantitative estimate of drug-likeness (QED) is 0.281. The first-order valence-corrected chi connectivity index (χ1v) is 14.1. The highest BCUT2D eigenvalue weighted by Crippen LogP contribution is 2.16. The third-order valence-electron chi connectivity index (χ3n) is 6.90. The van der Waals surface area contributed by atoms with E-state index >= 15 is 0 Å². The van der Waals surface area contributed by atoms with Gasteiger partial charge in [0, 0.05) is 61.6 Å². The van der Waals surface area contributed by atoms with Crippen molar-refractivity contribution in [1.29, 1.82) is 0 Å². The molecule has 2 aromatic carbocycles. The summed E-state index contributed by atoms with van der Waals surface area (Å²) in [6.07, 6.45) is 5.61. The number of hydrogen-bond acceptors (Lipinski definition) is 6. The van der Waals surface area contributed by atoms with Crippen LogP contribution in [-0.2, 0) is 19.1 Å². The van der Waals surface area contributed by atoms with Crippen LogP contribution >= 0.6 is 0 Å². The molecule has 2 aliphatic rings. The molecule has 0 saturated carbocycles. The summed E-state index contributed by atoms with van der Waals surface area (Å²) in [6, 6.07) is 13.6. The molecule has 4 amide bonds. The van der Waals surface area contributed by atoms with Gasteiger partial charge in [-0.3, -0.25) is 19.2 Å². The maximum atomic E-state index is 12.4. The molecule has 2 heterocycles. The summed E-state index contributed by atoms with van der Waals surface area (Å²) >= 11 is 0. The first-order valence-electron chi connectivity index (χ1n) is 14.1. The van der Waals surface area contributed by atoms with Crippen LogP contribution in [0.2, 0.25) is 0 Å². The van der Waals surface area contributed by atoms with Gasteiger partial charge in [0.15, 0.2) is 0 Å². The third kappa shape index (κ3) is 9.46. The van der Waals surface area contributed by atoms with E-state index in [0.717, 1.165) is 38.9 Å². The highest BCUT2D eigenvalue weighted by atomic mass is 16.5. The van der Waals surface area contributed by atoms with Crippen molar-refractivity contribution in [3.05, 3.63) is 59.7 Å². The van der Waals surface area contributed by atoms with Crippen molar-refractivity contribution in [3.8, 4) is 0 Å². The monoisotopic (exact) mass is 550 g/mol. The molecule has 2 aromatic rings. The Morgan fingerprint density at radius 2 is 1.12 bits per heavy atom. The summed E-state index contributed by atoms with van der Waals surface area (Å²) in [5, 5.41) is 11.4. The Hall–Kier alpha value is -3.76. The van der Waals surface area contributed by atoms with Crippen molar-refractivity contribution in [2.24, 2.45) is 0 Å². The molecule has 10 nitrogen and oxygen atoms in total. The lowest BCUT2D eigenvalue weighted by Gasteiger charge is -2.12. The number of anilines is 2. The SMILES string of the molecule is O=C(CCCCC(=O)Nc1cccc(C(=O)NCC2CCCO2)c1)Nc1cccc(C(=O)NCC2CCCO2)c1. The summed E-state index contributed by atoms with van der Waals surface area (Å²) in [4.78, 5) is 49.7. The van der Waals surface area contributed by atoms with Crippen LogP contribution in [0.5, 0.6) is 0 Å². The number of nitrogens with one attached hydrogen (secondary N) is 4. The van der Waals surface area contributed by atoms with Crippen molar-refractivity contribution < 1.29 is 28.7 Å². The average molecular weight is 551 g/mol. The lowest BCUT2D eigenvalue weighted by Crippen LogP contribution is -2.31. The highest BCUT2D eigenvalue weighted by Gasteiger charge is 2.18. The maximum Gasteiger partial charge on any atom is 0.251 e. The molecule has 4 N–H and O–H groups in total. The largest absolute Gasteiger partial charge is 0.376 e. The molecule has 2 atom stereocenters. The van der Waals surface area contributed by atoms with Gasteiger partial charge in [0.1, 0.15) is 0 Å². The Kier molecular flexibility index (Phi) is 11.1. The minimum Gasteiger partial charge on any atom is -0.376 e. The van der Waals surface area contributed by atoms with Gasteiger partial charge in [0.2, 0.25) is 11.8 Å². The molecule has 2 unspecified atom stereocenters. The zero-order chi connectivity index (χ0) is 28.2. The average Bonchev–Trinajstić information content (AvgIpc) is 3.68. The number of benzene rings is 2. The second-order valence-electron chi connectivity index (χ2n) is 10.2. The van der Waals surface area contributed by atoms with Crippen LogP contribution in [0.15, 0.2) is 48.5 Å². The molecule has 2 saturated heterocycles. The van der Waals surface area contributed by atoms with Crippen LogP contribution in [-0.4, -0.2) is 62.1 Å². The second-order valence-corrected chi connectivity index (χ2v) is 10.2. The number of hydrogen-bond donors (Lipinski definition) is 4. The van der Waals surface area contributed by atoms with E-state index in [1.54, 1.807) is 48.5 Å². The van der Waals surface area contributed by atoms with Crippen molar-refractivity contribution >= 4 is 35.0 Å². The van der Waals surface area contributed by atoms with E-state index in [2.05, 4.69) is 21.3 Å². The van der Waals surface area contributed by atoms with Gasteiger partial charge in [-0.15, -0.1) is 0 Å². The Morgan fingerprint density at radius 1 is 0.675 bits per heavy atom. The Bertz CT molecular complexity index is 1080. The molecule has 0 radical (unpaired) electrons. The maximum absolute atomic E-state index is 12.4. The fourth-order valence-corrected chi connectivity index (χ4v) is 4.72. The lowest BCUT2D eigenvalue weighted by molar-refractivity contribution is -0.118. The predicted molar refractivity (Wildman–Crippen MR) is 151 cm³/mol. The van der Waals surface area contributed by atoms with Crippen LogP contribution in [0.4, 0.5) is 11.4 Å². The van der Waals surface area contributed by atoms with Gasteiger partial charge in [0.25, 0.3) is 11.8 Å². The Labute approximate surface area is 234 Å². The summed E-state index contributed by atoms with van der Waals surface area (Å²) in [7, 11) is 0. The van der Waals surface area contributed by atoms with Gasteiger partial charge in [-0.05, 0) is 74.9 Å². The van der Waals surface area contributed by atoms with E-state index in [1.807, 2.05) is 0 Å². The van der Waals surface area contributed by atoms with Gasteiger partial charge in [-0.2, -0.15) is 0 Å². The fourth-order valence-electron chi connectivity index (χ4n) is 4.72. The normalized spacial score (nSPS) is 18.2. The summed E-state index contributed by atoms with van der Waals surface area (Å²) in [6.45, 7) is 2.41. The molecule has 0 bridgehead atoms. The van der Waals surface area contributed by atoms with Gasteiger partial charge >= 0.3 is 0 Å². The minimum absolute atomic E-state index is 0.0625.